The molecule has 4 aromatic rings. The van der Waals surface area contributed by atoms with Gasteiger partial charge in [0.25, 0.3) is 11.8 Å². The summed E-state index contributed by atoms with van der Waals surface area (Å²) in [4.78, 5) is 28.7. The Balaban J connectivity index is 1.60. The molecule has 0 radical (unpaired) electrons. The maximum Gasteiger partial charge on any atom is 0.259 e. The SMILES string of the molecule is COc1cccc(Cl)c1-c1cc2c(c3c1C(=O)NC3=O)c1cc(O)ccc1n2CCCN1CCOCC1. The first kappa shape index (κ1) is 23.8. The van der Waals surface area contributed by atoms with Gasteiger partial charge in [-0.15, -0.1) is 0 Å². The van der Waals surface area contributed by atoms with Gasteiger partial charge in [0.1, 0.15) is 11.5 Å². The van der Waals surface area contributed by atoms with Crippen LogP contribution in [0.5, 0.6) is 11.5 Å². The molecular formula is C28H26ClN3O5. The molecule has 1 aromatic heterocycles. The minimum atomic E-state index is -0.479. The van der Waals surface area contributed by atoms with E-state index in [0.29, 0.717) is 39.4 Å². The van der Waals surface area contributed by atoms with E-state index in [2.05, 4.69) is 14.8 Å². The van der Waals surface area contributed by atoms with Crippen LogP contribution in [0.3, 0.4) is 0 Å². The smallest absolute Gasteiger partial charge is 0.259 e. The highest BCUT2D eigenvalue weighted by Gasteiger charge is 2.35. The molecule has 0 unspecified atom stereocenters. The number of ether oxygens (including phenoxy) is 2. The fourth-order valence-corrected chi connectivity index (χ4v) is 5.85. The summed E-state index contributed by atoms with van der Waals surface area (Å²) >= 11 is 6.64. The first-order valence-electron chi connectivity index (χ1n) is 12.3. The number of carbonyl (C=O) groups excluding carboxylic acids is 2. The fraction of sp³-hybridized carbons (Fsp3) is 0.286. The van der Waals surface area contributed by atoms with Gasteiger partial charge in [-0.3, -0.25) is 19.8 Å². The van der Waals surface area contributed by atoms with E-state index < -0.39 is 11.8 Å². The van der Waals surface area contributed by atoms with E-state index in [0.717, 1.165) is 55.7 Å². The topological polar surface area (TPSA) is 93.0 Å². The van der Waals surface area contributed by atoms with E-state index in [-0.39, 0.29) is 11.3 Å². The van der Waals surface area contributed by atoms with Crippen LogP contribution in [0.1, 0.15) is 27.1 Å². The predicted octanol–water partition coefficient (Wildman–Crippen LogP) is 4.44. The van der Waals surface area contributed by atoms with Crippen molar-refractivity contribution >= 4 is 45.2 Å². The number of benzene rings is 3. The van der Waals surface area contributed by atoms with Gasteiger partial charge in [0.15, 0.2) is 0 Å². The molecule has 0 aliphatic carbocycles. The van der Waals surface area contributed by atoms with Crippen LogP contribution in [-0.2, 0) is 11.3 Å². The molecular weight excluding hydrogens is 494 g/mol. The Morgan fingerprint density at radius 2 is 1.78 bits per heavy atom. The Kier molecular flexibility index (Phi) is 6.03. The molecule has 1 saturated heterocycles. The van der Waals surface area contributed by atoms with Crippen LogP contribution in [0.25, 0.3) is 32.9 Å². The lowest BCUT2D eigenvalue weighted by Gasteiger charge is -2.26. The molecule has 9 heteroatoms. The molecule has 2 aliphatic rings. The number of hydrogen-bond acceptors (Lipinski definition) is 6. The summed E-state index contributed by atoms with van der Waals surface area (Å²) in [7, 11) is 1.55. The van der Waals surface area contributed by atoms with Gasteiger partial charge in [0, 0.05) is 53.6 Å². The van der Waals surface area contributed by atoms with Gasteiger partial charge < -0.3 is 19.1 Å². The van der Waals surface area contributed by atoms with Crippen molar-refractivity contribution in [3.8, 4) is 22.6 Å². The zero-order valence-electron chi connectivity index (χ0n) is 20.3. The zero-order chi connectivity index (χ0) is 25.7. The average Bonchev–Trinajstić information content (AvgIpc) is 3.36. The van der Waals surface area contributed by atoms with Crippen molar-refractivity contribution in [2.24, 2.45) is 0 Å². The number of fused-ring (bicyclic) bond motifs is 5. The first-order chi connectivity index (χ1) is 18.0. The molecule has 2 N–H and O–H groups in total. The van der Waals surface area contributed by atoms with Crippen molar-refractivity contribution in [3.05, 3.63) is 58.6 Å². The number of nitrogens with zero attached hydrogens (tertiary/aromatic N) is 2. The zero-order valence-corrected chi connectivity index (χ0v) is 21.1. The van der Waals surface area contributed by atoms with E-state index >= 15 is 0 Å². The Hall–Kier alpha value is -3.59. The number of phenolic OH excluding ortho intramolecular Hbond substituents is 1. The van der Waals surface area contributed by atoms with Crippen LogP contribution in [-0.4, -0.2) is 66.3 Å². The van der Waals surface area contributed by atoms with Gasteiger partial charge in [0.05, 0.1) is 42.0 Å². The standard InChI is InChI=1S/C28H26ClN3O5/c1-36-22-5-2-4-19(29)23(22)18-15-21-24(26-25(18)27(34)30-28(26)35)17-14-16(33)6-7-20(17)32(21)9-3-8-31-10-12-37-13-11-31/h2,4-7,14-15,33H,3,8-13H2,1H3,(H,30,34,35). The second kappa shape index (κ2) is 9.37. The van der Waals surface area contributed by atoms with E-state index in [1.54, 1.807) is 37.4 Å². The summed E-state index contributed by atoms with van der Waals surface area (Å²) in [6.45, 7) is 4.91. The molecule has 0 saturated carbocycles. The number of aromatic hydroxyl groups is 1. The van der Waals surface area contributed by atoms with Gasteiger partial charge in [-0.05, 0) is 42.8 Å². The molecule has 2 amide bonds. The van der Waals surface area contributed by atoms with Crippen LogP contribution in [0.2, 0.25) is 5.02 Å². The van der Waals surface area contributed by atoms with E-state index in [1.807, 2.05) is 12.1 Å². The fourth-order valence-electron chi connectivity index (χ4n) is 5.59. The number of aromatic nitrogens is 1. The van der Waals surface area contributed by atoms with Gasteiger partial charge >= 0.3 is 0 Å². The van der Waals surface area contributed by atoms with E-state index in [9.17, 15) is 14.7 Å². The third kappa shape index (κ3) is 3.92. The van der Waals surface area contributed by atoms with Crippen molar-refractivity contribution in [3.63, 3.8) is 0 Å². The number of morpholine rings is 1. The van der Waals surface area contributed by atoms with Gasteiger partial charge in [-0.2, -0.15) is 0 Å². The molecule has 0 atom stereocenters. The Bertz CT molecular complexity index is 1570. The number of nitrogens with one attached hydrogen (secondary N) is 1. The van der Waals surface area contributed by atoms with Crippen LogP contribution in [0.15, 0.2) is 42.5 Å². The number of amides is 2. The first-order valence-corrected chi connectivity index (χ1v) is 12.7. The van der Waals surface area contributed by atoms with Crippen LogP contribution < -0.4 is 10.1 Å². The highest BCUT2D eigenvalue weighted by Crippen LogP contribution is 2.45. The van der Waals surface area contributed by atoms with Crippen molar-refractivity contribution < 1.29 is 24.2 Å². The van der Waals surface area contributed by atoms with Crippen LogP contribution in [0, 0.1) is 0 Å². The summed E-state index contributed by atoms with van der Waals surface area (Å²) in [5.41, 5.74) is 3.33. The summed E-state index contributed by atoms with van der Waals surface area (Å²) in [6.07, 6.45) is 0.882. The summed E-state index contributed by atoms with van der Waals surface area (Å²) in [5, 5.41) is 14.6. The number of aryl methyl sites for hydroxylation is 1. The second-order valence-electron chi connectivity index (χ2n) is 9.33. The average molecular weight is 520 g/mol. The number of rotatable bonds is 6. The molecule has 3 aromatic carbocycles. The van der Waals surface area contributed by atoms with Gasteiger partial charge in [-0.1, -0.05) is 17.7 Å². The predicted molar refractivity (Wildman–Crippen MR) is 142 cm³/mol. The Morgan fingerprint density at radius 1 is 1.00 bits per heavy atom. The van der Waals surface area contributed by atoms with Crippen LogP contribution in [0.4, 0.5) is 0 Å². The molecule has 3 heterocycles. The molecule has 1 fully saturated rings. The van der Waals surface area contributed by atoms with Crippen molar-refractivity contribution in [2.75, 3.05) is 40.0 Å². The third-order valence-corrected chi connectivity index (χ3v) is 7.56. The molecule has 2 aliphatic heterocycles. The number of imide groups is 1. The third-order valence-electron chi connectivity index (χ3n) is 7.24. The lowest BCUT2D eigenvalue weighted by Crippen LogP contribution is -2.37. The maximum absolute atomic E-state index is 13.2. The molecule has 190 valence electrons. The van der Waals surface area contributed by atoms with Crippen molar-refractivity contribution in [1.82, 2.24) is 14.8 Å². The summed E-state index contributed by atoms with van der Waals surface area (Å²) in [5.74, 6) is -0.343. The molecule has 0 bridgehead atoms. The highest BCUT2D eigenvalue weighted by molar-refractivity contribution is 6.36. The normalized spacial score (nSPS) is 15.9. The number of carbonyl (C=O) groups is 2. The molecule has 8 nitrogen and oxygen atoms in total. The number of halogens is 1. The van der Waals surface area contributed by atoms with E-state index in [4.69, 9.17) is 21.1 Å². The lowest BCUT2D eigenvalue weighted by atomic mass is 9.92. The highest BCUT2D eigenvalue weighted by atomic mass is 35.5. The summed E-state index contributed by atoms with van der Waals surface area (Å²) in [6, 6.07) is 12.4. The number of methoxy groups -OCH3 is 1. The minimum absolute atomic E-state index is 0.0928. The monoisotopic (exact) mass is 519 g/mol. The summed E-state index contributed by atoms with van der Waals surface area (Å²) < 4.78 is 13.2. The van der Waals surface area contributed by atoms with Crippen molar-refractivity contribution in [2.45, 2.75) is 13.0 Å². The number of phenols is 1. The number of hydrogen-bond donors (Lipinski definition) is 2. The molecule has 6 rings (SSSR count). The largest absolute Gasteiger partial charge is 0.508 e. The quantitative estimate of drug-likeness (QED) is 0.366. The molecule has 0 spiro atoms. The van der Waals surface area contributed by atoms with E-state index in [1.165, 1.54) is 0 Å². The lowest BCUT2D eigenvalue weighted by molar-refractivity contribution is 0.0370. The molecule has 37 heavy (non-hydrogen) atoms. The Morgan fingerprint density at radius 3 is 2.57 bits per heavy atom. The Labute approximate surface area is 218 Å². The van der Waals surface area contributed by atoms with Gasteiger partial charge in [0.2, 0.25) is 0 Å². The minimum Gasteiger partial charge on any atom is -0.508 e. The maximum atomic E-state index is 13.2. The van der Waals surface area contributed by atoms with Crippen molar-refractivity contribution in [1.29, 1.82) is 0 Å². The second-order valence-corrected chi connectivity index (χ2v) is 9.74. The van der Waals surface area contributed by atoms with Gasteiger partial charge in [-0.25, -0.2) is 0 Å². The van der Waals surface area contributed by atoms with Crippen LogP contribution >= 0.6 is 11.6 Å².